The van der Waals surface area contributed by atoms with Gasteiger partial charge in [-0.1, -0.05) is 31.5 Å². The van der Waals surface area contributed by atoms with Crippen LogP contribution in [-0.2, 0) is 26.2 Å². The summed E-state index contributed by atoms with van der Waals surface area (Å²) in [6, 6.07) is 13.4. The molecule has 0 aliphatic rings. The number of carbonyl (C=O) groups excluding carboxylic acids is 2. The Hall–Kier alpha value is -3.27. The summed E-state index contributed by atoms with van der Waals surface area (Å²) in [6.45, 7) is 4.63. The number of amides is 2. The molecule has 204 valence electrons. The number of sulfonamides is 1. The fraction of sp³-hybridized carbons (Fsp3) is 0.481. The Balaban J connectivity index is 2.18. The molecule has 0 aromatic heterocycles. The molecule has 2 amide bonds. The maximum atomic E-state index is 13.4. The molecule has 2 aromatic rings. The molecule has 0 fully saturated rings. The lowest BCUT2D eigenvalue weighted by Gasteiger charge is -2.29. The van der Waals surface area contributed by atoms with E-state index in [1.54, 1.807) is 38.3 Å². The maximum absolute atomic E-state index is 13.4. The van der Waals surface area contributed by atoms with Crippen molar-refractivity contribution in [3.8, 4) is 11.5 Å². The van der Waals surface area contributed by atoms with Crippen LogP contribution in [0.15, 0.2) is 48.5 Å². The lowest BCUT2D eigenvalue weighted by atomic mass is 10.1. The standard InChI is InChI=1S/C27H39N3O6S/c1-6-7-16-28-27(32)21(2)29(20-22-11-8-13-24(18-22)35-3)26(31)15-10-17-30(37(5,33)34)23-12-9-14-25(19-23)36-4/h8-9,11-14,18-19,21H,6-7,10,15-17,20H2,1-5H3,(H,28,32)/t21-/m0/s1. The second-order valence-corrected chi connectivity index (χ2v) is 10.7. The van der Waals surface area contributed by atoms with Crippen molar-refractivity contribution in [2.75, 3.05) is 37.9 Å². The van der Waals surface area contributed by atoms with Gasteiger partial charge in [0.25, 0.3) is 0 Å². The van der Waals surface area contributed by atoms with Crippen LogP contribution in [-0.4, -0.2) is 64.7 Å². The molecule has 1 atom stereocenters. The van der Waals surface area contributed by atoms with E-state index in [1.807, 2.05) is 31.2 Å². The van der Waals surface area contributed by atoms with Crippen molar-refractivity contribution < 1.29 is 27.5 Å². The number of unbranched alkanes of at least 4 members (excludes halogenated alkanes) is 1. The van der Waals surface area contributed by atoms with Crippen molar-refractivity contribution in [3.63, 3.8) is 0 Å². The van der Waals surface area contributed by atoms with Crippen molar-refractivity contribution in [3.05, 3.63) is 54.1 Å². The first-order valence-electron chi connectivity index (χ1n) is 12.4. The quantitative estimate of drug-likeness (QED) is 0.351. The summed E-state index contributed by atoms with van der Waals surface area (Å²) in [4.78, 5) is 27.7. The third-order valence-electron chi connectivity index (χ3n) is 5.98. The third-order valence-corrected chi connectivity index (χ3v) is 7.17. The molecule has 0 radical (unpaired) electrons. The zero-order valence-electron chi connectivity index (χ0n) is 22.4. The highest BCUT2D eigenvalue weighted by molar-refractivity contribution is 7.92. The molecule has 0 heterocycles. The number of nitrogens with zero attached hydrogens (tertiary/aromatic N) is 2. The number of ether oxygens (including phenoxy) is 2. The Morgan fingerprint density at radius 1 is 1.00 bits per heavy atom. The molecule has 2 aromatic carbocycles. The highest BCUT2D eigenvalue weighted by Crippen LogP contribution is 2.24. The summed E-state index contributed by atoms with van der Waals surface area (Å²) in [6.07, 6.45) is 3.29. The normalized spacial score (nSPS) is 11.9. The Morgan fingerprint density at radius 2 is 1.65 bits per heavy atom. The molecule has 0 bridgehead atoms. The molecule has 0 aliphatic carbocycles. The zero-order valence-corrected chi connectivity index (χ0v) is 23.2. The summed E-state index contributed by atoms with van der Waals surface area (Å²) in [5.41, 5.74) is 1.29. The average Bonchev–Trinajstić information content (AvgIpc) is 2.88. The Morgan fingerprint density at radius 3 is 2.27 bits per heavy atom. The van der Waals surface area contributed by atoms with E-state index in [9.17, 15) is 18.0 Å². The molecular weight excluding hydrogens is 494 g/mol. The van der Waals surface area contributed by atoms with E-state index >= 15 is 0 Å². The van der Waals surface area contributed by atoms with Crippen LogP contribution in [0, 0.1) is 0 Å². The van der Waals surface area contributed by atoms with E-state index in [4.69, 9.17) is 9.47 Å². The first-order valence-corrected chi connectivity index (χ1v) is 14.3. The molecule has 1 N–H and O–H groups in total. The Labute approximate surface area is 220 Å². The maximum Gasteiger partial charge on any atom is 0.242 e. The van der Waals surface area contributed by atoms with Gasteiger partial charge in [-0.05, 0) is 49.6 Å². The largest absolute Gasteiger partial charge is 0.497 e. The number of carbonyl (C=O) groups is 2. The van der Waals surface area contributed by atoms with Gasteiger partial charge in [0, 0.05) is 32.1 Å². The number of hydrogen-bond donors (Lipinski definition) is 1. The van der Waals surface area contributed by atoms with Crippen molar-refractivity contribution >= 4 is 27.5 Å². The van der Waals surface area contributed by atoms with Gasteiger partial charge in [0.2, 0.25) is 21.8 Å². The van der Waals surface area contributed by atoms with Crippen molar-refractivity contribution in [2.45, 2.75) is 52.1 Å². The van der Waals surface area contributed by atoms with Crippen molar-refractivity contribution in [1.29, 1.82) is 0 Å². The van der Waals surface area contributed by atoms with Gasteiger partial charge in [-0.3, -0.25) is 13.9 Å². The minimum Gasteiger partial charge on any atom is -0.497 e. The Bertz CT molecular complexity index is 1140. The number of rotatable bonds is 15. The van der Waals surface area contributed by atoms with Crippen LogP contribution < -0.4 is 19.1 Å². The molecule has 2 rings (SSSR count). The number of benzene rings is 2. The summed E-state index contributed by atoms with van der Waals surface area (Å²) in [5.74, 6) is 0.737. The molecule has 0 aliphatic heterocycles. The number of hydrogen-bond acceptors (Lipinski definition) is 6. The number of nitrogens with one attached hydrogen (secondary N) is 1. The van der Waals surface area contributed by atoms with Gasteiger partial charge in [0.15, 0.2) is 0 Å². The van der Waals surface area contributed by atoms with Gasteiger partial charge in [-0.2, -0.15) is 0 Å². The second kappa shape index (κ2) is 14.5. The molecule has 0 spiro atoms. The molecule has 37 heavy (non-hydrogen) atoms. The fourth-order valence-electron chi connectivity index (χ4n) is 3.86. The highest BCUT2D eigenvalue weighted by Gasteiger charge is 2.26. The topological polar surface area (TPSA) is 105 Å². The molecule has 0 unspecified atom stereocenters. The lowest BCUT2D eigenvalue weighted by molar-refractivity contribution is -0.140. The SMILES string of the molecule is CCCCNC(=O)[C@H](C)N(Cc1cccc(OC)c1)C(=O)CCCN(c1cccc(OC)c1)S(C)(=O)=O. The van der Waals surface area contributed by atoms with Crippen molar-refractivity contribution in [1.82, 2.24) is 10.2 Å². The first kappa shape index (κ1) is 30.0. The van der Waals surface area contributed by atoms with Crippen LogP contribution in [0.1, 0.15) is 45.1 Å². The lowest BCUT2D eigenvalue weighted by Crippen LogP contribution is -2.48. The van der Waals surface area contributed by atoms with Gasteiger partial charge in [-0.25, -0.2) is 8.42 Å². The van der Waals surface area contributed by atoms with Gasteiger partial charge >= 0.3 is 0 Å². The van der Waals surface area contributed by atoms with Crippen LogP contribution in [0.25, 0.3) is 0 Å². The van der Waals surface area contributed by atoms with E-state index in [0.29, 0.717) is 23.7 Å². The van der Waals surface area contributed by atoms with Gasteiger partial charge in [0.1, 0.15) is 17.5 Å². The van der Waals surface area contributed by atoms with Crippen LogP contribution in [0.3, 0.4) is 0 Å². The predicted molar refractivity (Wildman–Crippen MR) is 145 cm³/mol. The molecule has 0 saturated carbocycles. The van der Waals surface area contributed by atoms with Crippen LogP contribution in [0.2, 0.25) is 0 Å². The van der Waals surface area contributed by atoms with Crippen molar-refractivity contribution in [2.24, 2.45) is 0 Å². The molecule has 10 heteroatoms. The minimum atomic E-state index is -3.59. The van der Waals surface area contributed by atoms with Crippen LogP contribution in [0.4, 0.5) is 5.69 Å². The number of methoxy groups -OCH3 is 2. The second-order valence-electron chi connectivity index (χ2n) is 8.83. The smallest absolute Gasteiger partial charge is 0.242 e. The Kier molecular flexibility index (Phi) is 11.7. The van der Waals surface area contributed by atoms with Gasteiger partial charge in [0.05, 0.1) is 26.2 Å². The third kappa shape index (κ3) is 9.27. The summed E-state index contributed by atoms with van der Waals surface area (Å²) < 4.78 is 36.8. The fourth-order valence-corrected chi connectivity index (χ4v) is 4.81. The zero-order chi connectivity index (χ0) is 27.4. The van der Waals surface area contributed by atoms with E-state index < -0.39 is 16.1 Å². The summed E-state index contributed by atoms with van der Waals surface area (Å²) >= 11 is 0. The molecule has 9 nitrogen and oxygen atoms in total. The average molecular weight is 534 g/mol. The van der Waals surface area contributed by atoms with E-state index in [-0.39, 0.29) is 37.7 Å². The first-order chi connectivity index (χ1) is 17.6. The van der Waals surface area contributed by atoms with E-state index in [2.05, 4.69) is 5.32 Å². The van der Waals surface area contributed by atoms with E-state index in [1.165, 1.54) is 16.3 Å². The van der Waals surface area contributed by atoms with E-state index in [0.717, 1.165) is 24.7 Å². The van der Waals surface area contributed by atoms with Gasteiger partial charge in [-0.15, -0.1) is 0 Å². The van der Waals surface area contributed by atoms with Gasteiger partial charge < -0.3 is 19.7 Å². The monoisotopic (exact) mass is 533 g/mol. The number of anilines is 1. The predicted octanol–water partition coefficient (Wildman–Crippen LogP) is 3.58. The molecule has 0 saturated heterocycles. The summed E-state index contributed by atoms with van der Waals surface area (Å²) in [7, 11) is -0.501. The van der Waals surface area contributed by atoms with Crippen LogP contribution in [0.5, 0.6) is 11.5 Å². The summed E-state index contributed by atoms with van der Waals surface area (Å²) in [5, 5.41) is 2.90. The van der Waals surface area contributed by atoms with Crippen LogP contribution >= 0.6 is 0 Å². The minimum absolute atomic E-state index is 0.0759. The highest BCUT2D eigenvalue weighted by atomic mass is 32.2. The molecular formula is C27H39N3O6S.